The number of thioether (sulfide) groups is 1. The predicted octanol–water partition coefficient (Wildman–Crippen LogP) is 2.34. The number of hydrogen-bond donors (Lipinski definition) is 0. The summed E-state index contributed by atoms with van der Waals surface area (Å²) in [6.07, 6.45) is 1.47. The number of carbonyl (C=O) groups excluding carboxylic acids is 1. The lowest BCUT2D eigenvalue weighted by Crippen LogP contribution is -2.27. The van der Waals surface area contributed by atoms with Gasteiger partial charge in [-0.3, -0.25) is 14.6 Å². The molecule has 0 saturated heterocycles. The topological polar surface area (TPSA) is 41.9 Å². The maximum Gasteiger partial charge on any atom is 0.240 e. The van der Waals surface area contributed by atoms with Crippen molar-refractivity contribution in [2.75, 3.05) is 18.9 Å². The molecule has 0 bridgehead atoms. The van der Waals surface area contributed by atoms with Crippen LogP contribution in [0.4, 0.5) is 0 Å². The van der Waals surface area contributed by atoms with Crippen LogP contribution in [0.2, 0.25) is 0 Å². The summed E-state index contributed by atoms with van der Waals surface area (Å²) >= 11 is 1.55. The van der Waals surface area contributed by atoms with E-state index in [9.17, 15) is 4.79 Å². The Labute approximate surface area is 117 Å². The molecular weight excluding hydrogens is 260 g/mol. The highest BCUT2D eigenvalue weighted by molar-refractivity contribution is 8.14. The molecule has 1 aliphatic heterocycles. The first-order valence-electron chi connectivity index (χ1n) is 6.32. The van der Waals surface area contributed by atoms with Gasteiger partial charge in [-0.15, -0.1) is 0 Å². The summed E-state index contributed by atoms with van der Waals surface area (Å²) < 4.78 is 0. The molecule has 4 nitrogen and oxygen atoms in total. The van der Waals surface area contributed by atoms with Gasteiger partial charge in [-0.25, -0.2) is 0 Å². The molecule has 0 unspecified atom stereocenters. The van der Waals surface area contributed by atoms with Gasteiger partial charge in [-0.1, -0.05) is 30.0 Å². The van der Waals surface area contributed by atoms with Crippen LogP contribution < -0.4 is 0 Å². The van der Waals surface area contributed by atoms with Crippen molar-refractivity contribution >= 4 is 23.3 Å². The van der Waals surface area contributed by atoms with Gasteiger partial charge in [-0.05, 0) is 37.0 Å². The molecule has 0 aliphatic carbocycles. The third-order valence-corrected chi connectivity index (χ3v) is 4.13. The Bertz CT molecular complexity index is 488. The second kappa shape index (κ2) is 6.73. The zero-order chi connectivity index (χ0) is 13.7. The number of aliphatic imine (C=N–C) groups is 1. The molecular formula is C14H18N2O2S. The molecule has 1 heterocycles. The fourth-order valence-corrected chi connectivity index (χ4v) is 2.70. The summed E-state index contributed by atoms with van der Waals surface area (Å²) in [5, 5.41) is 1.90. The van der Waals surface area contributed by atoms with Crippen LogP contribution in [0.15, 0.2) is 23.2 Å². The molecule has 5 heteroatoms. The normalized spacial score (nSPS) is 14.3. The van der Waals surface area contributed by atoms with Gasteiger partial charge < -0.3 is 0 Å². The third kappa shape index (κ3) is 3.58. The molecule has 0 radical (unpaired) electrons. The summed E-state index contributed by atoms with van der Waals surface area (Å²) in [5.41, 5.74) is 3.82. The van der Waals surface area contributed by atoms with Crippen LogP contribution in [-0.4, -0.2) is 35.5 Å². The molecule has 0 fully saturated rings. The van der Waals surface area contributed by atoms with Crippen LogP contribution in [0, 0.1) is 13.8 Å². The summed E-state index contributed by atoms with van der Waals surface area (Å²) in [4.78, 5) is 20.7. The Hall–Kier alpha value is -1.33. The van der Waals surface area contributed by atoms with E-state index in [-0.39, 0.29) is 0 Å². The van der Waals surface area contributed by atoms with Crippen LogP contribution in [0.3, 0.4) is 0 Å². The molecule has 0 aromatic heterocycles. The molecule has 19 heavy (non-hydrogen) atoms. The van der Waals surface area contributed by atoms with E-state index < -0.39 is 0 Å². The Balaban J connectivity index is 1.88. The standard InChI is InChI=1S/C14H18N2O2S/c1-11-4-3-5-13(12(11)2)6-8-18-16(10-17)14-15-7-9-19-14/h3-5,10H,6-9H2,1-2H3. The molecule has 0 N–H and O–H groups in total. The van der Waals surface area contributed by atoms with E-state index in [0.717, 1.165) is 18.7 Å². The second-order valence-corrected chi connectivity index (χ2v) is 5.45. The maximum absolute atomic E-state index is 11.0. The van der Waals surface area contributed by atoms with E-state index in [0.29, 0.717) is 18.2 Å². The van der Waals surface area contributed by atoms with Crippen molar-refractivity contribution in [3.05, 3.63) is 34.9 Å². The highest BCUT2D eigenvalue weighted by atomic mass is 32.2. The molecule has 0 saturated carbocycles. The van der Waals surface area contributed by atoms with Crippen molar-refractivity contribution in [3.8, 4) is 0 Å². The van der Waals surface area contributed by atoms with Gasteiger partial charge in [0.25, 0.3) is 0 Å². The lowest BCUT2D eigenvalue weighted by atomic mass is 10.0. The van der Waals surface area contributed by atoms with Gasteiger partial charge in [0, 0.05) is 5.75 Å². The fraction of sp³-hybridized carbons (Fsp3) is 0.429. The molecule has 2 rings (SSSR count). The highest BCUT2D eigenvalue weighted by Crippen LogP contribution is 2.16. The third-order valence-electron chi connectivity index (χ3n) is 3.17. The van der Waals surface area contributed by atoms with E-state index in [4.69, 9.17) is 4.84 Å². The minimum Gasteiger partial charge on any atom is -0.276 e. The molecule has 1 aromatic carbocycles. The molecule has 0 spiro atoms. The average Bonchev–Trinajstić information content (AvgIpc) is 2.93. The van der Waals surface area contributed by atoms with Crippen molar-refractivity contribution in [2.45, 2.75) is 20.3 Å². The first-order chi connectivity index (χ1) is 9.22. The number of benzene rings is 1. The first kappa shape index (κ1) is 14.1. The number of rotatable bonds is 5. The smallest absolute Gasteiger partial charge is 0.240 e. The van der Waals surface area contributed by atoms with Crippen LogP contribution >= 0.6 is 11.8 Å². The number of nitrogens with zero attached hydrogens (tertiary/aromatic N) is 2. The zero-order valence-corrected chi connectivity index (χ0v) is 12.1. The van der Waals surface area contributed by atoms with Crippen LogP contribution in [0.1, 0.15) is 16.7 Å². The monoisotopic (exact) mass is 278 g/mol. The van der Waals surface area contributed by atoms with E-state index in [1.807, 2.05) is 6.07 Å². The van der Waals surface area contributed by atoms with E-state index in [2.05, 4.69) is 31.0 Å². The van der Waals surface area contributed by atoms with E-state index in [1.54, 1.807) is 11.8 Å². The molecule has 1 aromatic rings. The minimum atomic E-state index is 0.475. The van der Waals surface area contributed by atoms with Crippen LogP contribution in [-0.2, 0) is 16.1 Å². The number of amidine groups is 1. The number of hydroxylamine groups is 2. The van der Waals surface area contributed by atoms with Crippen LogP contribution in [0.25, 0.3) is 0 Å². The zero-order valence-electron chi connectivity index (χ0n) is 11.3. The maximum atomic E-state index is 11.0. The van der Waals surface area contributed by atoms with Gasteiger partial charge in [0.2, 0.25) is 6.41 Å². The SMILES string of the molecule is Cc1cccc(CCON(C=O)C2=NCCS2)c1C. The van der Waals surface area contributed by atoms with E-state index in [1.165, 1.54) is 21.8 Å². The number of carbonyl (C=O) groups is 1. The van der Waals surface area contributed by atoms with Gasteiger partial charge in [0.1, 0.15) is 0 Å². The largest absolute Gasteiger partial charge is 0.276 e. The molecule has 102 valence electrons. The van der Waals surface area contributed by atoms with Gasteiger partial charge in [0.15, 0.2) is 5.17 Å². The summed E-state index contributed by atoms with van der Waals surface area (Å²) in [5.74, 6) is 0.917. The van der Waals surface area contributed by atoms with Gasteiger partial charge in [0.05, 0.1) is 13.2 Å². The average molecular weight is 278 g/mol. The van der Waals surface area contributed by atoms with Crippen molar-refractivity contribution in [1.82, 2.24) is 5.06 Å². The predicted molar refractivity (Wildman–Crippen MR) is 78.2 cm³/mol. The van der Waals surface area contributed by atoms with Gasteiger partial charge >= 0.3 is 0 Å². The van der Waals surface area contributed by atoms with Crippen molar-refractivity contribution < 1.29 is 9.63 Å². The summed E-state index contributed by atoms with van der Waals surface area (Å²) in [6, 6.07) is 6.24. The lowest BCUT2D eigenvalue weighted by molar-refractivity contribution is -0.147. The Morgan fingerprint density at radius 1 is 1.47 bits per heavy atom. The van der Waals surface area contributed by atoms with E-state index >= 15 is 0 Å². The van der Waals surface area contributed by atoms with Gasteiger partial charge in [-0.2, -0.15) is 5.06 Å². The van der Waals surface area contributed by atoms with Crippen molar-refractivity contribution in [1.29, 1.82) is 0 Å². The summed E-state index contributed by atoms with van der Waals surface area (Å²) in [7, 11) is 0. The van der Waals surface area contributed by atoms with Crippen LogP contribution in [0.5, 0.6) is 0 Å². The number of hydrogen-bond acceptors (Lipinski definition) is 4. The Morgan fingerprint density at radius 2 is 2.32 bits per heavy atom. The van der Waals surface area contributed by atoms with Crippen molar-refractivity contribution in [2.24, 2.45) is 4.99 Å². The number of aryl methyl sites for hydroxylation is 1. The second-order valence-electron chi connectivity index (χ2n) is 4.39. The Morgan fingerprint density at radius 3 is 3.00 bits per heavy atom. The summed E-state index contributed by atoms with van der Waals surface area (Å²) in [6.45, 7) is 5.44. The highest BCUT2D eigenvalue weighted by Gasteiger charge is 2.16. The number of amides is 1. The molecule has 0 atom stereocenters. The Kier molecular flexibility index (Phi) is 4.99. The lowest BCUT2D eigenvalue weighted by Gasteiger charge is -2.16. The minimum absolute atomic E-state index is 0.475. The molecule has 1 amide bonds. The quantitative estimate of drug-likeness (QED) is 0.613. The molecule has 1 aliphatic rings. The fourth-order valence-electron chi connectivity index (χ4n) is 1.92. The van der Waals surface area contributed by atoms with Crippen molar-refractivity contribution in [3.63, 3.8) is 0 Å². The first-order valence-corrected chi connectivity index (χ1v) is 7.30.